The SMILES string of the molecule is CC(C)N([B-]Cl)C(C)C. The summed E-state index contributed by atoms with van der Waals surface area (Å²) in [6.07, 6.45) is 0. The second kappa shape index (κ2) is 4.18. The van der Waals surface area contributed by atoms with Crippen LogP contribution in [0.25, 0.3) is 0 Å². The molecular weight excluding hydrogens is 132 g/mol. The van der Waals surface area contributed by atoms with E-state index in [-0.39, 0.29) is 0 Å². The third-order valence-electron chi connectivity index (χ3n) is 1.31. The summed E-state index contributed by atoms with van der Waals surface area (Å²) in [5.74, 6) is 0. The van der Waals surface area contributed by atoms with E-state index < -0.39 is 0 Å². The van der Waals surface area contributed by atoms with E-state index in [0.717, 1.165) is 0 Å². The zero-order chi connectivity index (χ0) is 7.44. The molecule has 0 spiro atoms. The number of hydrogen-bond donors (Lipinski definition) is 0. The maximum atomic E-state index is 5.56. The molecule has 0 heterocycles. The maximum Gasteiger partial charge on any atom is -0.0357 e. The average Bonchev–Trinajstić information content (AvgIpc) is 1.64. The molecule has 0 bridgehead atoms. The van der Waals surface area contributed by atoms with Crippen molar-refractivity contribution in [2.45, 2.75) is 39.8 Å². The summed E-state index contributed by atoms with van der Waals surface area (Å²) in [5.41, 5.74) is 0. The molecule has 0 unspecified atom stereocenters. The Bertz CT molecular complexity index is 67.5. The van der Waals surface area contributed by atoms with Gasteiger partial charge in [0.2, 0.25) is 0 Å². The van der Waals surface area contributed by atoms with Gasteiger partial charge in [0.05, 0.1) is 0 Å². The van der Waals surface area contributed by atoms with Gasteiger partial charge in [0.1, 0.15) is 0 Å². The second-order valence-electron chi connectivity index (χ2n) is 2.73. The fourth-order valence-corrected chi connectivity index (χ4v) is 1.27. The van der Waals surface area contributed by atoms with E-state index in [2.05, 4.69) is 32.5 Å². The van der Waals surface area contributed by atoms with E-state index in [4.69, 9.17) is 11.5 Å². The molecule has 0 rings (SSSR count). The molecule has 2 radical (unpaired) electrons. The van der Waals surface area contributed by atoms with Crippen molar-refractivity contribution >= 4 is 18.3 Å². The van der Waals surface area contributed by atoms with Crippen LogP contribution < -0.4 is 0 Å². The monoisotopic (exact) mass is 146 g/mol. The van der Waals surface area contributed by atoms with Crippen LogP contribution in [-0.4, -0.2) is 23.7 Å². The van der Waals surface area contributed by atoms with E-state index >= 15 is 0 Å². The first-order chi connectivity index (χ1) is 4.09. The quantitative estimate of drug-likeness (QED) is 0.550. The summed E-state index contributed by atoms with van der Waals surface area (Å²) in [5, 5.41) is 0. The van der Waals surface area contributed by atoms with Crippen LogP contribution in [0.1, 0.15) is 27.7 Å². The van der Waals surface area contributed by atoms with Gasteiger partial charge in [-0.05, 0) is 12.1 Å². The van der Waals surface area contributed by atoms with Gasteiger partial charge in [0.25, 0.3) is 0 Å². The number of halogens is 1. The van der Waals surface area contributed by atoms with Crippen molar-refractivity contribution in [3.8, 4) is 0 Å². The number of nitrogens with zero attached hydrogens (tertiary/aromatic N) is 1. The van der Waals surface area contributed by atoms with Gasteiger partial charge in [-0.15, -0.1) is 6.83 Å². The minimum absolute atomic E-state index is 0.502. The van der Waals surface area contributed by atoms with Gasteiger partial charge in [0, 0.05) is 0 Å². The Labute approximate surface area is 63.6 Å². The van der Waals surface area contributed by atoms with Crippen LogP contribution in [0, 0.1) is 0 Å². The molecule has 3 heteroatoms. The molecule has 0 aromatic rings. The minimum atomic E-state index is 0.502. The highest BCUT2D eigenvalue weighted by molar-refractivity contribution is 6.92. The molecule has 1 nitrogen and oxygen atoms in total. The topological polar surface area (TPSA) is 3.24 Å². The predicted octanol–water partition coefficient (Wildman–Crippen LogP) is 1.88. The molecular formula is C6H14BClN-. The van der Waals surface area contributed by atoms with Crippen molar-refractivity contribution in [2.75, 3.05) is 0 Å². The van der Waals surface area contributed by atoms with Crippen LogP contribution in [-0.2, 0) is 0 Å². The molecule has 0 N–H and O–H groups in total. The molecule has 0 atom stereocenters. The Kier molecular flexibility index (Phi) is 4.33. The third-order valence-corrected chi connectivity index (χ3v) is 1.53. The summed E-state index contributed by atoms with van der Waals surface area (Å²) in [7, 11) is 0. The highest BCUT2D eigenvalue weighted by atomic mass is 35.5. The molecule has 0 saturated heterocycles. The highest BCUT2D eigenvalue weighted by Crippen LogP contribution is 2.02. The molecule has 54 valence electrons. The van der Waals surface area contributed by atoms with Crippen LogP contribution in [0.2, 0.25) is 0 Å². The first kappa shape index (κ1) is 9.31. The van der Waals surface area contributed by atoms with Gasteiger partial charge in [-0.1, -0.05) is 27.7 Å². The summed E-state index contributed by atoms with van der Waals surface area (Å²) in [6, 6.07) is 1.00. The molecule has 0 aliphatic heterocycles. The first-order valence-corrected chi connectivity index (χ1v) is 3.74. The van der Waals surface area contributed by atoms with Crippen LogP contribution >= 0.6 is 11.5 Å². The van der Waals surface area contributed by atoms with Gasteiger partial charge >= 0.3 is 0 Å². The van der Waals surface area contributed by atoms with Crippen molar-refractivity contribution in [3.05, 3.63) is 0 Å². The second-order valence-corrected chi connectivity index (χ2v) is 2.93. The lowest BCUT2D eigenvalue weighted by Crippen LogP contribution is -2.37. The molecule has 0 amide bonds. The van der Waals surface area contributed by atoms with Gasteiger partial charge in [-0.2, -0.15) is 0 Å². The Morgan fingerprint density at radius 3 is 1.44 bits per heavy atom. The van der Waals surface area contributed by atoms with Gasteiger partial charge in [0.15, 0.2) is 0 Å². The Morgan fingerprint density at radius 1 is 1.11 bits per heavy atom. The van der Waals surface area contributed by atoms with Gasteiger partial charge in [-0.25, -0.2) is 0 Å². The van der Waals surface area contributed by atoms with E-state index in [1.807, 2.05) is 0 Å². The molecule has 0 aliphatic rings. The van der Waals surface area contributed by atoms with Crippen LogP contribution in [0.15, 0.2) is 0 Å². The molecule has 9 heavy (non-hydrogen) atoms. The molecule has 0 aliphatic carbocycles. The molecule has 0 aromatic heterocycles. The standard InChI is InChI=1S/C6H14BClN/c1-5(2)9(7-8)6(3)4/h5-6H,1-4H3/q-1. The third kappa shape index (κ3) is 3.12. The zero-order valence-electron chi connectivity index (χ0n) is 6.56. The largest absolute Gasteiger partial charge is 0.520 e. The minimum Gasteiger partial charge on any atom is -0.520 e. The summed E-state index contributed by atoms with van der Waals surface area (Å²) in [6.45, 7) is 10.1. The summed E-state index contributed by atoms with van der Waals surface area (Å²) in [4.78, 5) is 2.10. The average molecular weight is 146 g/mol. The maximum absolute atomic E-state index is 5.56. The number of rotatable bonds is 3. The lowest BCUT2D eigenvalue weighted by atomic mass is 10.1. The van der Waals surface area contributed by atoms with E-state index in [1.54, 1.807) is 6.83 Å². The van der Waals surface area contributed by atoms with Crippen molar-refractivity contribution in [3.63, 3.8) is 0 Å². The van der Waals surface area contributed by atoms with Gasteiger partial charge < -0.3 is 16.3 Å². The highest BCUT2D eigenvalue weighted by Gasteiger charge is 1.99. The predicted molar refractivity (Wildman–Crippen MR) is 43.7 cm³/mol. The van der Waals surface area contributed by atoms with Crippen molar-refractivity contribution in [2.24, 2.45) is 0 Å². The lowest BCUT2D eigenvalue weighted by Gasteiger charge is -2.40. The van der Waals surface area contributed by atoms with Crippen molar-refractivity contribution in [1.29, 1.82) is 0 Å². The van der Waals surface area contributed by atoms with E-state index in [0.29, 0.717) is 12.1 Å². The lowest BCUT2D eigenvalue weighted by molar-refractivity contribution is 0.317. The Hall–Kier alpha value is 0.315. The zero-order valence-corrected chi connectivity index (χ0v) is 7.31. The number of hydrogen-bond acceptors (Lipinski definition) is 1. The smallest absolute Gasteiger partial charge is 0.0357 e. The van der Waals surface area contributed by atoms with Crippen molar-refractivity contribution in [1.82, 2.24) is 4.81 Å². The van der Waals surface area contributed by atoms with Crippen LogP contribution in [0.3, 0.4) is 0 Å². The summed E-state index contributed by atoms with van der Waals surface area (Å²) >= 11 is 5.56. The molecule has 0 aromatic carbocycles. The molecule has 0 saturated carbocycles. The van der Waals surface area contributed by atoms with Crippen molar-refractivity contribution < 1.29 is 0 Å². The Balaban J connectivity index is 3.68. The van der Waals surface area contributed by atoms with E-state index in [1.165, 1.54) is 0 Å². The van der Waals surface area contributed by atoms with Crippen LogP contribution in [0.5, 0.6) is 0 Å². The fraction of sp³-hybridized carbons (Fsp3) is 1.00. The van der Waals surface area contributed by atoms with E-state index in [9.17, 15) is 0 Å². The first-order valence-electron chi connectivity index (χ1n) is 3.30. The molecule has 0 fully saturated rings. The fourth-order valence-electron chi connectivity index (χ4n) is 0.822. The van der Waals surface area contributed by atoms with Gasteiger partial charge in [-0.3, -0.25) is 0 Å². The summed E-state index contributed by atoms with van der Waals surface area (Å²) < 4.78 is 0. The Morgan fingerprint density at radius 2 is 1.44 bits per heavy atom. The normalized spacial score (nSPS) is 12.0. The van der Waals surface area contributed by atoms with Crippen LogP contribution in [0.4, 0.5) is 0 Å².